The number of pyridine rings is 1. The van der Waals surface area contributed by atoms with Gasteiger partial charge in [0.05, 0.1) is 16.5 Å². The van der Waals surface area contributed by atoms with Gasteiger partial charge >= 0.3 is 0 Å². The van der Waals surface area contributed by atoms with Crippen LogP contribution in [0.3, 0.4) is 0 Å². The van der Waals surface area contributed by atoms with Crippen LogP contribution in [0.4, 0.5) is 0 Å². The van der Waals surface area contributed by atoms with Crippen molar-refractivity contribution in [2.75, 3.05) is 18.8 Å². The van der Waals surface area contributed by atoms with E-state index in [4.69, 9.17) is 0 Å². The molecule has 0 amide bonds. The third-order valence-electron chi connectivity index (χ3n) is 4.16. The van der Waals surface area contributed by atoms with Gasteiger partial charge in [-0.1, -0.05) is 24.6 Å². The molecular formula is C17H21N3O3S2. The third kappa shape index (κ3) is 4.50. The Labute approximate surface area is 152 Å². The molecule has 3 rings (SSSR count). The summed E-state index contributed by atoms with van der Waals surface area (Å²) < 4.78 is 26.9. The smallest absolute Gasteiger partial charge is 0.244 e. The lowest BCUT2D eigenvalue weighted by molar-refractivity contribution is 0.101. The van der Waals surface area contributed by atoms with Gasteiger partial charge in [-0.15, -0.1) is 0 Å². The number of aromatic nitrogens is 2. The number of carbonyl (C=O) groups is 1. The van der Waals surface area contributed by atoms with Crippen molar-refractivity contribution in [3.63, 3.8) is 0 Å². The molecule has 2 aromatic rings. The maximum absolute atomic E-state index is 12.7. The average molecular weight is 380 g/mol. The number of hydrogen-bond acceptors (Lipinski definition) is 5. The fraction of sp³-hybridized carbons (Fsp3) is 0.412. The number of hydrogen-bond donors (Lipinski definition) is 1. The standard InChI is InChI=1S/C17H21N3O3S2/c21-16(15-6-5-9-18-15)13-24-17-8-7-14(12-19-17)25(22,23)20-10-3-1-2-4-11-20/h5-9,12,18H,1-4,10-11,13H2. The van der Waals surface area contributed by atoms with Gasteiger partial charge < -0.3 is 4.98 Å². The van der Waals surface area contributed by atoms with Crippen LogP contribution in [0, 0.1) is 0 Å². The molecule has 0 radical (unpaired) electrons. The molecule has 0 aliphatic carbocycles. The highest BCUT2D eigenvalue weighted by Crippen LogP contribution is 2.22. The van der Waals surface area contributed by atoms with Crippen LogP contribution in [0.15, 0.2) is 46.6 Å². The molecule has 1 aliphatic heterocycles. The number of nitrogens with zero attached hydrogens (tertiary/aromatic N) is 2. The van der Waals surface area contributed by atoms with Crippen molar-refractivity contribution >= 4 is 27.6 Å². The second kappa shape index (κ2) is 8.16. The minimum Gasteiger partial charge on any atom is -0.359 e. The van der Waals surface area contributed by atoms with Crippen molar-refractivity contribution in [3.8, 4) is 0 Å². The molecule has 0 spiro atoms. The minimum atomic E-state index is -3.48. The van der Waals surface area contributed by atoms with E-state index >= 15 is 0 Å². The quantitative estimate of drug-likeness (QED) is 0.616. The van der Waals surface area contributed by atoms with Crippen molar-refractivity contribution in [2.24, 2.45) is 0 Å². The molecule has 1 fully saturated rings. The maximum atomic E-state index is 12.7. The highest BCUT2D eigenvalue weighted by Gasteiger charge is 2.25. The molecule has 3 heterocycles. The average Bonchev–Trinajstić information content (AvgIpc) is 3.02. The monoisotopic (exact) mass is 379 g/mol. The molecular weight excluding hydrogens is 358 g/mol. The zero-order valence-corrected chi connectivity index (χ0v) is 15.5. The molecule has 1 N–H and O–H groups in total. The number of ketones is 1. The molecule has 134 valence electrons. The number of nitrogens with one attached hydrogen (secondary N) is 1. The number of aromatic amines is 1. The van der Waals surface area contributed by atoms with Crippen LogP contribution in [-0.2, 0) is 10.0 Å². The van der Waals surface area contributed by atoms with E-state index in [-0.39, 0.29) is 16.4 Å². The molecule has 0 aromatic carbocycles. The second-order valence-electron chi connectivity index (χ2n) is 5.95. The van der Waals surface area contributed by atoms with Gasteiger partial charge in [0.2, 0.25) is 10.0 Å². The van der Waals surface area contributed by atoms with Crippen LogP contribution in [0.5, 0.6) is 0 Å². The first-order chi connectivity index (χ1) is 12.1. The molecule has 1 saturated heterocycles. The summed E-state index contributed by atoms with van der Waals surface area (Å²) in [7, 11) is -3.48. The van der Waals surface area contributed by atoms with E-state index in [2.05, 4.69) is 9.97 Å². The van der Waals surface area contributed by atoms with E-state index in [1.54, 1.807) is 34.8 Å². The summed E-state index contributed by atoms with van der Waals surface area (Å²) in [5.41, 5.74) is 0.563. The van der Waals surface area contributed by atoms with E-state index in [1.807, 2.05) is 0 Å². The molecule has 2 aromatic heterocycles. The highest BCUT2D eigenvalue weighted by atomic mass is 32.2. The zero-order chi connectivity index (χ0) is 17.7. The number of carbonyl (C=O) groups excluding carboxylic acids is 1. The Morgan fingerprint density at radius 1 is 1.16 bits per heavy atom. The largest absolute Gasteiger partial charge is 0.359 e. The molecule has 25 heavy (non-hydrogen) atoms. The van der Waals surface area contributed by atoms with Crippen LogP contribution in [-0.4, -0.2) is 47.3 Å². The van der Waals surface area contributed by atoms with Crippen molar-refractivity contribution in [2.45, 2.75) is 35.6 Å². The highest BCUT2D eigenvalue weighted by molar-refractivity contribution is 7.99. The Hall–Kier alpha value is -1.64. The predicted molar refractivity (Wildman–Crippen MR) is 97.3 cm³/mol. The maximum Gasteiger partial charge on any atom is 0.244 e. The SMILES string of the molecule is O=C(CSc1ccc(S(=O)(=O)N2CCCCCC2)cn1)c1ccc[nH]1. The Kier molecular flexibility index (Phi) is 5.93. The van der Waals surface area contributed by atoms with E-state index in [9.17, 15) is 13.2 Å². The lowest BCUT2D eigenvalue weighted by Gasteiger charge is -2.19. The van der Waals surface area contributed by atoms with Crippen LogP contribution in [0.25, 0.3) is 0 Å². The lowest BCUT2D eigenvalue weighted by atomic mass is 10.2. The molecule has 0 saturated carbocycles. The van der Waals surface area contributed by atoms with Gasteiger partial charge in [0, 0.05) is 25.5 Å². The Balaban J connectivity index is 1.64. The number of sulfonamides is 1. The first-order valence-electron chi connectivity index (χ1n) is 8.33. The molecule has 1 aliphatic rings. The zero-order valence-electron chi connectivity index (χ0n) is 13.8. The van der Waals surface area contributed by atoms with Crippen LogP contribution < -0.4 is 0 Å². The summed E-state index contributed by atoms with van der Waals surface area (Å²) in [6.45, 7) is 1.15. The van der Waals surface area contributed by atoms with Gasteiger partial charge in [0.25, 0.3) is 0 Å². The summed E-state index contributed by atoms with van der Waals surface area (Å²) >= 11 is 1.30. The number of Topliss-reactive ketones (excluding diaryl/α,β-unsaturated/α-hetero) is 1. The Morgan fingerprint density at radius 2 is 1.92 bits per heavy atom. The van der Waals surface area contributed by atoms with Crippen molar-refractivity contribution in [3.05, 3.63) is 42.4 Å². The van der Waals surface area contributed by atoms with Crippen LogP contribution in [0.1, 0.15) is 36.2 Å². The fourth-order valence-electron chi connectivity index (χ4n) is 2.76. The summed E-state index contributed by atoms with van der Waals surface area (Å²) in [5.74, 6) is 0.240. The number of rotatable bonds is 6. The third-order valence-corrected chi connectivity index (χ3v) is 6.99. The van der Waals surface area contributed by atoms with E-state index in [0.717, 1.165) is 25.7 Å². The molecule has 6 nitrogen and oxygen atoms in total. The minimum absolute atomic E-state index is 0.0157. The first kappa shape index (κ1) is 18.2. The summed E-state index contributed by atoms with van der Waals surface area (Å²) in [4.78, 5) is 19.3. The Bertz CT molecular complexity index is 794. The van der Waals surface area contributed by atoms with Gasteiger partial charge in [-0.05, 0) is 37.1 Å². The summed E-state index contributed by atoms with van der Waals surface area (Å²) in [6, 6.07) is 6.75. The van der Waals surface area contributed by atoms with Crippen LogP contribution in [0.2, 0.25) is 0 Å². The van der Waals surface area contributed by atoms with Gasteiger partial charge in [-0.25, -0.2) is 13.4 Å². The number of H-pyrrole nitrogens is 1. The van der Waals surface area contributed by atoms with Crippen molar-refractivity contribution < 1.29 is 13.2 Å². The number of thioether (sulfide) groups is 1. The molecule has 0 bridgehead atoms. The van der Waals surface area contributed by atoms with Gasteiger partial charge in [-0.2, -0.15) is 4.31 Å². The van der Waals surface area contributed by atoms with E-state index in [0.29, 0.717) is 23.8 Å². The lowest BCUT2D eigenvalue weighted by Crippen LogP contribution is -2.32. The van der Waals surface area contributed by atoms with Gasteiger partial charge in [-0.3, -0.25) is 4.79 Å². The Morgan fingerprint density at radius 3 is 2.52 bits per heavy atom. The van der Waals surface area contributed by atoms with Crippen molar-refractivity contribution in [1.82, 2.24) is 14.3 Å². The van der Waals surface area contributed by atoms with E-state index in [1.165, 1.54) is 18.0 Å². The summed E-state index contributed by atoms with van der Waals surface area (Å²) in [6.07, 6.45) is 7.06. The first-order valence-corrected chi connectivity index (χ1v) is 10.8. The van der Waals surface area contributed by atoms with Gasteiger partial charge in [0.1, 0.15) is 4.90 Å². The molecule has 8 heteroatoms. The molecule has 0 atom stereocenters. The van der Waals surface area contributed by atoms with Crippen molar-refractivity contribution in [1.29, 1.82) is 0 Å². The second-order valence-corrected chi connectivity index (χ2v) is 8.88. The predicted octanol–water partition coefficient (Wildman–Crippen LogP) is 2.95. The van der Waals surface area contributed by atoms with Crippen LogP contribution >= 0.6 is 11.8 Å². The molecule has 0 unspecified atom stereocenters. The topological polar surface area (TPSA) is 83.1 Å². The van der Waals surface area contributed by atoms with Gasteiger partial charge in [0.15, 0.2) is 5.78 Å². The van der Waals surface area contributed by atoms with E-state index < -0.39 is 10.0 Å². The normalized spacial score (nSPS) is 16.5. The fourth-order valence-corrected chi connectivity index (χ4v) is 4.95. The summed E-state index contributed by atoms with van der Waals surface area (Å²) in [5, 5.41) is 0.634.